The van der Waals surface area contributed by atoms with Crippen molar-refractivity contribution in [3.63, 3.8) is 0 Å². The molecule has 0 spiro atoms. The van der Waals surface area contributed by atoms with Crippen LogP contribution in [0.1, 0.15) is 11.1 Å². The van der Waals surface area contributed by atoms with Crippen LogP contribution in [0.5, 0.6) is 0 Å². The van der Waals surface area contributed by atoms with Gasteiger partial charge in [-0.3, -0.25) is 8.37 Å². The fraction of sp³-hybridized carbons (Fsp3) is 0.400. The lowest BCUT2D eigenvalue weighted by atomic mass is 10.0. The molecule has 11 heteroatoms. The molecule has 168 valence electrons. The van der Waals surface area contributed by atoms with Gasteiger partial charge in [-0.1, -0.05) is 35.4 Å². The maximum absolute atomic E-state index is 12.7. The molecule has 0 radical (unpaired) electrons. The van der Waals surface area contributed by atoms with Gasteiger partial charge >= 0.3 is 0 Å². The Balaban J connectivity index is 1.57. The molecule has 2 heterocycles. The minimum Gasteiger partial charge on any atom is -0.387 e. The Kier molecular flexibility index (Phi) is 5.94. The molecule has 2 aliphatic heterocycles. The lowest BCUT2D eigenvalue weighted by Crippen LogP contribution is -2.56. The number of hydrogen-bond acceptors (Lipinski definition) is 9. The summed E-state index contributed by atoms with van der Waals surface area (Å²) in [5.41, 5.74) is 1.72. The van der Waals surface area contributed by atoms with E-state index >= 15 is 0 Å². The summed E-state index contributed by atoms with van der Waals surface area (Å²) < 4.78 is 72.1. The fourth-order valence-corrected chi connectivity index (χ4v) is 5.58. The predicted octanol–water partition coefficient (Wildman–Crippen LogP) is 1.27. The molecule has 0 amide bonds. The Morgan fingerprint density at radius 3 is 1.74 bits per heavy atom. The summed E-state index contributed by atoms with van der Waals surface area (Å²) in [6, 6.07) is 11.9. The lowest BCUT2D eigenvalue weighted by Gasteiger charge is -2.36. The number of ether oxygens (including phenoxy) is 2. The van der Waals surface area contributed by atoms with E-state index in [-0.39, 0.29) is 16.4 Å². The van der Waals surface area contributed by atoms with E-state index in [1.54, 1.807) is 31.2 Å². The molecule has 2 aromatic carbocycles. The van der Waals surface area contributed by atoms with Crippen LogP contribution in [-0.4, -0.2) is 59.3 Å². The molecule has 0 unspecified atom stereocenters. The van der Waals surface area contributed by atoms with Crippen molar-refractivity contribution in [3.8, 4) is 0 Å². The quantitative estimate of drug-likeness (QED) is 0.621. The van der Waals surface area contributed by atoms with Gasteiger partial charge in [0.05, 0.1) is 16.4 Å². The summed E-state index contributed by atoms with van der Waals surface area (Å²) in [6.07, 6.45) is -6.64. The van der Waals surface area contributed by atoms with E-state index in [4.69, 9.17) is 17.8 Å². The van der Waals surface area contributed by atoms with Gasteiger partial charge in [0.15, 0.2) is 12.4 Å². The third-order valence-electron chi connectivity index (χ3n) is 5.14. The highest BCUT2D eigenvalue weighted by Gasteiger charge is 2.54. The largest absolute Gasteiger partial charge is 0.387 e. The number of aryl methyl sites for hydroxylation is 2. The van der Waals surface area contributed by atoms with Crippen LogP contribution < -0.4 is 0 Å². The third-order valence-corrected chi connectivity index (χ3v) is 7.79. The van der Waals surface area contributed by atoms with E-state index in [0.717, 1.165) is 11.1 Å². The molecule has 4 rings (SSSR count). The molecule has 9 nitrogen and oxygen atoms in total. The first-order chi connectivity index (χ1) is 14.6. The maximum atomic E-state index is 12.7. The Bertz CT molecular complexity index is 1050. The van der Waals surface area contributed by atoms with Gasteiger partial charge in [0.2, 0.25) is 0 Å². The normalized spacial score (nSPS) is 28.5. The summed E-state index contributed by atoms with van der Waals surface area (Å²) in [6.45, 7) is 3.53. The van der Waals surface area contributed by atoms with Gasteiger partial charge < -0.3 is 14.6 Å². The summed E-state index contributed by atoms with van der Waals surface area (Å²) >= 11 is 0. The zero-order valence-electron chi connectivity index (χ0n) is 16.7. The maximum Gasteiger partial charge on any atom is 0.297 e. The second kappa shape index (κ2) is 8.24. The first-order valence-corrected chi connectivity index (χ1v) is 12.3. The third kappa shape index (κ3) is 4.53. The number of benzene rings is 2. The van der Waals surface area contributed by atoms with Crippen molar-refractivity contribution in [2.24, 2.45) is 0 Å². The highest BCUT2D eigenvalue weighted by atomic mass is 32.2. The molecule has 2 saturated heterocycles. The number of rotatable bonds is 6. The van der Waals surface area contributed by atoms with E-state index < -0.39 is 50.9 Å². The minimum absolute atomic E-state index is 0.0831. The number of aliphatic hydroxyl groups is 1. The van der Waals surface area contributed by atoms with E-state index in [1.807, 2.05) is 6.92 Å². The Morgan fingerprint density at radius 2 is 1.26 bits per heavy atom. The molecule has 2 bridgehead atoms. The minimum atomic E-state index is -4.28. The molecule has 0 aliphatic carbocycles. The van der Waals surface area contributed by atoms with Gasteiger partial charge in [-0.15, -0.1) is 0 Å². The first kappa shape index (κ1) is 22.3. The number of aliphatic hydroxyl groups excluding tert-OH is 1. The molecule has 0 saturated carbocycles. The van der Waals surface area contributed by atoms with Crippen LogP contribution in [0.2, 0.25) is 0 Å². The zero-order chi connectivity index (χ0) is 22.4. The highest BCUT2D eigenvalue weighted by Crippen LogP contribution is 2.35. The van der Waals surface area contributed by atoms with Crippen molar-refractivity contribution in [1.29, 1.82) is 0 Å². The van der Waals surface area contributed by atoms with Crippen molar-refractivity contribution in [2.75, 3.05) is 6.61 Å². The van der Waals surface area contributed by atoms with Crippen LogP contribution in [0, 0.1) is 13.8 Å². The summed E-state index contributed by atoms with van der Waals surface area (Å²) in [5.74, 6) is 0. The second-order valence-corrected chi connectivity index (χ2v) is 10.7. The summed E-state index contributed by atoms with van der Waals surface area (Å²) in [7, 11) is -8.54. The molecule has 2 aliphatic rings. The van der Waals surface area contributed by atoms with Crippen LogP contribution in [0.15, 0.2) is 58.3 Å². The Morgan fingerprint density at radius 1 is 0.806 bits per heavy atom. The van der Waals surface area contributed by atoms with E-state index in [2.05, 4.69) is 0 Å². The van der Waals surface area contributed by atoms with Crippen LogP contribution in [0.3, 0.4) is 0 Å². The zero-order valence-corrected chi connectivity index (χ0v) is 18.4. The first-order valence-electron chi connectivity index (χ1n) is 9.52. The molecule has 1 N–H and O–H groups in total. The van der Waals surface area contributed by atoms with Crippen molar-refractivity contribution in [3.05, 3.63) is 59.7 Å². The van der Waals surface area contributed by atoms with Gasteiger partial charge in [-0.2, -0.15) is 16.8 Å². The number of fused-ring (bicyclic) bond motifs is 2. The SMILES string of the molecule is Cc1ccc(S(=O)(=O)O[C@H]2[C@@H]3OC[C@@H](O3)[C@@H](OS(=O)(=O)c3ccc(C)cc3)[C@@H]2O)cc1. The van der Waals surface area contributed by atoms with Crippen molar-refractivity contribution >= 4 is 20.2 Å². The monoisotopic (exact) mass is 470 g/mol. The second-order valence-electron chi connectivity index (χ2n) is 7.52. The molecular weight excluding hydrogens is 448 g/mol. The van der Waals surface area contributed by atoms with Gasteiger partial charge in [0, 0.05) is 0 Å². The predicted molar refractivity (Wildman–Crippen MR) is 107 cm³/mol. The molecule has 31 heavy (non-hydrogen) atoms. The van der Waals surface area contributed by atoms with Gasteiger partial charge in [-0.25, -0.2) is 0 Å². The average Bonchev–Trinajstić information content (AvgIpc) is 3.16. The van der Waals surface area contributed by atoms with Crippen LogP contribution in [0.4, 0.5) is 0 Å². The molecule has 2 fully saturated rings. The van der Waals surface area contributed by atoms with E-state index in [9.17, 15) is 21.9 Å². The van der Waals surface area contributed by atoms with Crippen LogP contribution >= 0.6 is 0 Å². The summed E-state index contributed by atoms with van der Waals surface area (Å²) in [4.78, 5) is -0.216. The Labute approximate surface area is 180 Å². The fourth-order valence-electron chi connectivity index (χ4n) is 3.39. The van der Waals surface area contributed by atoms with Crippen molar-refractivity contribution in [1.82, 2.24) is 0 Å². The number of hydrogen-bond donors (Lipinski definition) is 1. The van der Waals surface area contributed by atoms with Crippen LogP contribution in [0.25, 0.3) is 0 Å². The van der Waals surface area contributed by atoms with Gasteiger partial charge in [0.1, 0.15) is 18.3 Å². The van der Waals surface area contributed by atoms with Crippen LogP contribution in [-0.2, 0) is 38.1 Å². The highest BCUT2D eigenvalue weighted by molar-refractivity contribution is 7.87. The average molecular weight is 471 g/mol. The van der Waals surface area contributed by atoms with Gasteiger partial charge in [-0.05, 0) is 38.1 Å². The van der Waals surface area contributed by atoms with Crippen molar-refractivity contribution in [2.45, 2.75) is 54.3 Å². The topological polar surface area (TPSA) is 125 Å². The standard InChI is InChI=1S/C20H22O9S2/c1-12-3-7-14(8-4-12)30(22,23)28-18-16-11-26-20(27-16)19(17(18)21)29-31(24,25)15-9-5-13(2)6-10-15/h3-10,16-21H,11H2,1-2H3/t16-,17+,18-,19-,20-/m1/s1. The Hall–Kier alpha value is -1.86. The molecule has 0 aromatic heterocycles. The van der Waals surface area contributed by atoms with Crippen molar-refractivity contribution < 1.29 is 39.8 Å². The van der Waals surface area contributed by atoms with E-state index in [1.165, 1.54) is 24.3 Å². The smallest absolute Gasteiger partial charge is 0.297 e. The molecule has 2 aromatic rings. The lowest BCUT2D eigenvalue weighted by molar-refractivity contribution is -0.213. The van der Waals surface area contributed by atoms with E-state index in [0.29, 0.717) is 0 Å². The summed E-state index contributed by atoms with van der Waals surface area (Å²) in [5, 5.41) is 10.8. The molecule has 5 atom stereocenters. The molecular formula is C20H22O9S2. The van der Waals surface area contributed by atoms with Gasteiger partial charge in [0.25, 0.3) is 20.2 Å².